The van der Waals surface area contributed by atoms with Crippen LogP contribution >= 0.6 is 0 Å². The Labute approximate surface area is 330 Å². The van der Waals surface area contributed by atoms with Gasteiger partial charge in [-0.3, -0.25) is 10.8 Å². The lowest BCUT2D eigenvalue weighted by atomic mass is 9.92. The monoisotopic (exact) mass is 742 g/mol. The Bertz CT molecular complexity index is 1820. The molecule has 2 heterocycles. The van der Waals surface area contributed by atoms with Gasteiger partial charge in [-0.15, -0.1) is 0 Å². The van der Waals surface area contributed by atoms with Crippen LogP contribution < -0.4 is 29.1 Å². The Balaban J connectivity index is 1.13. The van der Waals surface area contributed by atoms with Crippen LogP contribution in [0.2, 0.25) is 0 Å². The Morgan fingerprint density at radius 1 is 0.491 bits per heavy atom. The third-order valence-electron chi connectivity index (χ3n) is 11.0. The molecule has 8 heteroatoms. The number of nitrogens with one attached hydrogen (secondary N) is 2. The van der Waals surface area contributed by atoms with E-state index in [1.165, 1.54) is 33.6 Å². The van der Waals surface area contributed by atoms with Crippen molar-refractivity contribution in [1.82, 2.24) is 0 Å². The Morgan fingerprint density at radius 2 is 0.818 bits per heavy atom. The molecule has 0 unspecified atom stereocenters. The number of anilines is 4. The molecule has 2 saturated heterocycles. The van der Waals surface area contributed by atoms with Crippen molar-refractivity contribution in [2.45, 2.75) is 99.3 Å². The minimum atomic E-state index is 0.356. The van der Waals surface area contributed by atoms with Crippen LogP contribution in [0.3, 0.4) is 0 Å². The molecular formula is C47H62N6O2. The molecule has 6 rings (SSSR count). The summed E-state index contributed by atoms with van der Waals surface area (Å²) in [6, 6.07) is 25.7. The van der Waals surface area contributed by atoms with E-state index in [9.17, 15) is 10.8 Å². The maximum atomic E-state index is 9.41. The number of rotatable bonds is 14. The predicted molar refractivity (Wildman–Crippen MR) is 232 cm³/mol. The highest BCUT2D eigenvalue weighted by atomic mass is 16.5. The molecule has 0 radical (unpaired) electrons. The third-order valence-corrected chi connectivity index (χ3v) is 11.0. The van der Waals surface area contributed by atoms with Gasteiger partial charge in [0.25, 0.3) is 0 Å². The van der Waals surface area contributed by atoms with Crippen molar-refractivity contribution in [2.75, 3.05) is 59.0 Å². The molecule has 2 N–H and O–H groups in total. The Morgan fingerprint density at radius 3 is 1.15 bits per heavy atom. The summed E-state index contributed by atoms with van der Waals surface area (Å²) in [5, 5.41) is 18.8. The fourth-order valence-electron chi connectivity index (χ4n) is 8.01. The quantitative estimate of drug-likeness (QED) is 0.125. The molecule has 0 bridgehead atoms. The number of guanidine groups is 2. The highest BCUT2D eigenvalue weighted by Gasteiger charge is 2.34. The van der Waals surface area contributed by atoms with E-state index >= 15 is 0 Å². The van der Waals surface area contributed by atoms with E-state index in [1.54, 1.807) is 0 Å². The van der Waals surface area contributed by atoms with E-state index in [1.807, 2.05) is 12.1 Å². The van der Waals surface area contributed by atoms with Gasteiger partial charge in [0, 0.05) is 32.6 Å². The molecule has 8 nitrogen and oxygen atoms in total. The minimum absolute atomic E-state index is 0.356. The van der Waals surface area contributed by atoms with E-state index in [4.69, 9.17) is 9.47 Å². The van der Waals surface area contributed by atoms with Gasteiger partial charge in [-0.2, -0.15) is 0 Å². The van der Waals surface area contributed by atoms with Crippen molar-refractivity contribution in [1.29, 1.82) is 10.8 Å². The number of para-hydroxylation sites is 2. The van der Waals surface area contributed by atoms with Crippen molar-refractivity contribution >= 4 is 34.7 Å². The molecule has 2 fully saturated rings. The van der Waals surface area contributed by atoms with Crippen LogP contribution in [0, 0.1) is 24.7 Å². The molecule has 2 aliphatic heterocycles. The third kappa shape index (κ3) is 8.19. The van der Waals surface area contributed by atoms with Gasteiger partial charge in [0.15, 0.2) is 0 Å². The molecule has 0 saturated carbocycles. The van der Waals surface area contributed by atoms with Crippen LogP contribution in [0.15, 0.2) is 72.8 Å². The van der Waals surface area contributed by atoms with E-state index in [0.29, 0.717) is 68.3 Å². The van der Waals surface area contributed by atoms with Gasteiger partial charge in [-0.1, -0.05) is 104 Å². The van der Waals surface area contributed by atoms with Gasteiger partial charge in [0.2, 0.25) is 11.9 Å². The van der Waals surface area contributed by atoms with E-state index in [2.05, 4.69) is 150 Å². The number of aryl methyl sites for hydroxylation is 2. The molecular weight excluding hydrogens is 681 g/mol. The number of nitrogens with zero attached hydrogens (tertiary/aromatic N) is 4. The van der Waals surface area contributed by atoms with Crippen LogP contribution in [0.5, 0.6) is 11.5 Å². The van der Waals surface area contributed by atoms with Crippen LogP contribution in [0.1, 0.15) is 119 Å². The molecule has 292 valence electrons. The fourth-order valence-corrected chi connectivity index (χ4v) is 8.01. The van der Waals surface area contributed by atoms with Crippen LogP contribution in [-0.2, 0) is 0 Å². The standard InChI is InChI=1S/C47H62N6O2/c1-30(2)36-14-11-15-37(31(3)4)44(36)52-24-22-50(46(52)48)40-28-34(9)18-20-42(40)54-26-13-27-55-43-21-19-35(10)29-41(43)51-23-25-53(47(51)49)45-38(32(5)6)16-12-17-39(45)33(7)8/h11-12,14-21,28-33,48-49H,13,22-27H2,1-10H3. The summed E-state index contributed by atoms with van der Waals surface area (Å²) in [6.45, 7) is 25.9. The summed E-state index contributed by atoms with van der Waals surface area (Å²) >= 11 is 0. The maximum Gasteiger partial charge on any atom is 0.203 e. The van der Waals surface area contributed by atoms with E-state index < -0.39 is 0 Å². The highest BCUT2D eigenvalue weighted by Crippen LogP contribution is 2.41. The van der Waals surface area contributed by atoms with Crippen molar-refractivity contribution < 1.29 is 9.47 Å². The molecule has 0 atom stereocenters. The van der Waals surface area contributed by atoms with Crippen LogP contribution in [0.4, 0.5) is 22.7 Å². The maximum absolute atomic E-state index is 9.41. The van der Waals surface area contributed by atoms with Crippen molar-refractivity contribution in [2.24, 2.45) is 0 Å². The van der Waals surface area contributed by atoms with E-state index in [-0.39, 0.29) is 0 Å². The van der Waals surface area contributed by atoms with Gasteiger partial charge in [0.05, 0.1) is 36.0 Å². The number of ether oxygens (including phenoxy) is 2. The number of hydrogen-bond acceptors (Lipinski definition) is 4. The molecule has 4 aromatic carbocycles. The van der Waals surface area contributed by atoms with Crippen molar-refractivity contribution in [3.05, 3.63) is 106 Å². The molecule has 0 amide bonds. The lowest BCUT2D eigenvalue weighted by molar-refractivity contribution is 0.248. The number of hydrogen-bond donors (Lipinski definition) is 2. The average molecular weight is 743 g/mol. The first-order chi connectivity index (χ1) is 26.3. The summed E-state index contributed by atoms with van der Waals surface area (Å²) in [4.78, 5) is 8.57. The molecule has 0 aromatic heterocycles. The second kappa shape index (κ2) is 16.8. The van der Waals surface area contributed by atoms with Crippen molar-refractivity contribution in [3.8, 4) is 11.5 Å². The molecule has 55 heavy (non-hydrogen) atoms. The first kappa shape index (κ1) is 39.7. The topological polar surface area (TPSA) is 79.1 Å². The normalized spacial score (nSPS) is 14.9. The highest BCUT2D eigenvalue weighted by molar-refractivity contribution is 6.10. The molecule has 0 aliphatic carbocycles. The lowest BCUT2D eigenvalue weighted by Gasteiger charge is -2.29. The molecule has 0 spiro atoms. The summed E-state index contributed by atoms with van der Waals surface area (Å²) in [7, 11) is 0. The predicted octanol–water partition coefficient (Wildman–Crippen LogP) is 11.2. The fraction of sp³-hybridized carbons (Fsp3) is 0.447. The van der Waals surface area contributed by atoms with Crippen molar-refractivity contribution in [3.63, 3.8) is 0 Å². The second-order valence-corrected chi connectivity index (χ2v) is 16.4. The SMILES string of the molecule is Cc1ccc(OCCCOc2ccc(C)cc2N2CCN(c3c(C(C)C)cccc3C(C)C)C2=N)c(N2CCN(c3c(C(C)C)cccc3C(C)C)C2=N)c1. The van der Waals surface area contributed by atoms with Gasteiger partial charge in [-0.05, 0) is 95.2 Å². The van der Waals surface area contributed by atoms with Gasteiger partial charge in [0.1, 0.15) is 11.5 Å². The summed E-state index contributed by atoms with van der Waals surface area (Å²) in [6.07, 6.45) is 0.687. The lowest BCUT2D eigenvalue weighted by Crippen LogP contribution is -2.34. The zero-order valence-electron chi connectivity index (χ0n) is 34.8. The average Bonchev–Trinajstić information content (AvgIpc) is 3.72. The van der Waals surface area contributed by atoms with Gasteiger partial charge >= 0.3 is 0 Å². The summed E-state index contributed by atoms with van der Waals surface area (Å²) < 4.78 is 12.9. The molecule has 4 aromatic rings. The Kier molecular flexibility index (Phi) is 12.1. The summed E-state index contributed by atoms with van der Waals surface area (Å²) in [5.41, 5.74) is 11.6. The second-order valence-electron chi connectivity index (χ2n) is 16.4. The zero-order valence-corrected chi connectivity index (χ0v) is 34.8. The largest absolute Gasteiger partial charge is 0.491 e. The smallest absolute Gasteiger partial charge is 0.203 e. The Hall–Kier alpha value is -4.98. The first-order valence-electron chi connectivity index (χ1n) is 20.3. The van der Waals surface area contributed by atoms with Crippen LogP contribution in [-0.4, -0.2) is 51.3 Å². The number of benzene rings is 4. The van der Waals surface area contributed by atoms with Gasteiger partial charge < -0.3 is 29.1 Å². The van der Waals surface area contributed by atoms with Crippen LogP contribution in [0.25, 0.3) is 0 Å². The zero-order chi connectivity index (χ0) is 39.6. The van der Waals surface area contributed by atoms with Gasteiger partial charge in [-0.25, -0.2) is 0 Å². The van der Waals surface area contributed by atoms with E-state index in [0.717, 1.165) is 47.1 Å². The summed E-state index contributed by atoms with van der Waals surface area (Å²) in [5.74, 6) is 3.95. The minimum Gasteiger partial charge on any atom is -0.491 e. The molecule has 2 aliphatic rings. The first-order valence-corrected chi connectivity index (χ1v) is 20.3.